The lowest BCUT2D eigenvalue weighted by molar-refractivity contribution is 0.0145. The minimum Gasteiger partial charge on any atom is -0.444 e. The summed E-state index contributed by atoms with van der Waals surface area (Å²) < 4.78 is 11.1. The summed E-state index contributed by atoms with van der Waals surface area (Å²) in [5, 5.41) is 3.53. The van der Waals surface area contributed by atoms with Crippen LogP contribution in [-0.2, 0) is 9.47 Å². The fourth-order valence-corrected chi connectivity index (χ4v) is 4.40. The van der Waals surface area contributed by atoms with Crippen molar-refractivity contribution in [2.24, 2.45) is 10.4 Å². The molecule has 1 atom stereocenters. The first kappa shape index (κ1) is 22.2. The number of ether oxygens (including phenoxy) is 2. The maximum atomic E-state index is 12.2. The molecular formula is C21H39N5O3. The van der Waals surface area contributed by atoms with Gasteiger partial charge in [-0.3, -0.25) is 9.89 Å². The van der Waals surface area contributed by atoms with Crippen LogP contribution in [0.1, 0.15) is 40.0 Å². The summed E-state index contributed by atoms with van der Waals surface area (Å²) in [7, 11) is 1.87. The van der Waals surface area contributed by atoms with Gasteiger partial charge in [0.15, 0.2) is 5.96 Å². The van der Waals surface area contributed by atoms with Gasteiger partial charge in [0, 0.05) is 64.9 Å². The molecule has 0 bridgehead atoms. The number of carbonyl (C=O) groups is 1. The highest BCUT2D eigenvalue weighted by atomic mass is 16.6. The highest BCUT2D eigenvalue weighted by Crippen LogP contribution is 2.38. The molecular weight excluding hydrogens is 370 g/mol. The van der Waals surface area contributed by atoms with E-state index in [1.807, 2.05) is 32.7 Å². The minimum absolute atomic E-state index is 0.196. The fraction of sp³-hybridized carbons (Fsp3) is 0.905. The zero-order valence-electron chi connectivity index (χ0n) is 18.7. The van der Waals surface area contributed by atoms with Gasteiger partial charge in [0.05, 0.1) is 6.61 Å². The van der Waals surface area contributed by atoms with Crippen molar-refractivity contribution in [3.8, 4) is 0 Å². The quantitative estimate of drug-likeness (QED) is 0.432. The maximum absolute atomic E-state index is 12.2. The second-order valence-corrected chi connectivity index (χ2v) is 9.61. The van der Waals surface area contributed by atoms with Crippen LogP contribution >= 0.6 is 0 Å². The molecule has 8 nitrogen and oxygen atoms in total. The van der Waals surface area contributed by atoms with Crippen LogP contribution in [0.4, 0.5) is 4.79 Å². The number of rotatable bonds is 4. The lowest BCUT2D eigenvalue weighted by Crippen LogP contribution is -2.50. The van der Waals surface area contributed by atoms with Gasteiger partial charge in [-0.25, -0.2) is 4.79 Å². The van der Waals surface area contributed by atoms with Gasteiger partial charge in [0.1, 0.15) is 5.60 Å². The van der Waals surface area contributed by atoms with E-state index >= 15 is 0 Å². The molecule has 3 fully saturated rings. The smallest absolute Gasteiger partial charge is 0.410 e. The number of piperazine rings is 1. The van der Waals surface area contributed by atoms with Gasteiger partial charge in [0.2, 0.25) is 0 Å². The molecule has 3 rings (SSSR count). The first-order chi connectivity index (χ1) is 13.8. The van der Waals surface area contributed by atoms with Gasteiger partial charge in [-0.2, -0.15) is 0 Å². The van der Waals surface area contributed by atoms with Gasteiger partial charge < -0.3 is 24.6 Å². The topological polar surface area (TPSA) is 69.6 Å². The zero-order chi connectivity index (χ0) is 20.9. The summed E-state index contributed by atoms with van der Waals surface area (Å²) in [6.07, 6.45) is 3.25. The first-order valence-corrected chi connectivity index (χ1v) is 11.0. The standard InChI is InChI=1S/C21H39N5O3/c1-20(2,3)29-19(27)25-13-11-24(12-14-25)9-5-8-23-18(22-4)26-10-6-21(16-26)7-15-28-17-21/h5-17H2,1-4H3,(H,22,23). The number of guanidine groups is 1. The predicted molar refractivity (Wildman–Crippen MR) is 114 cm³/mol. The van der Waals surface area contributed by atoms with Crippen LogP contribution in [0.15, 0.2) is 4.99 Å². The molecule has 3 aliphatic rings. The Labute approximate surface area is 175 Å². The van der Waals surface area contributed by atoms with Crippen molar-refractivity contribution in [2.75, 3.05) is 72.6 Å². The second-order valence-electron chi connectivity index (χ2n) is 9.61. The molecule has 0 aliphatic carbocycles. The van der Waals surface area contributed by atoms with Crippen molar-refractivity contribution >= 4 is 12.1 Å². The average molecular weight is 410 g/mol. The number of aliphatic imine (C=N–C) groups is 1. The van der Waals surface area contributed by atoms with Crippen LogP contribution in [-0.4, -0.2) is 105 Å². The lowest BCUT2D eigenvalue weighted by atomic mass is 9.87. The molecule has 0 saturated carbocycles. The van der Waals surface area contributed by atoms with Gasteiger partial charge >= 0.3 is 6.09 Å². The fourth-order valence-electron chi connectivity index (χ4n) is 4.40. The number of carbonyl (C=O) groups excluding carboxylic acids is 1. The molecule has 0 aromatic rings. The molecule has 3 aliphatic heterocycles. The van der Waals surface area contributed by atoms with Gasteiger partial charge in [-0.15, -0.1) is 0 Å². The summed E-state index contributed by atoms with van der Waals surface area (Å²) in [6, 6.07) is 0. The normalized spacial score (nSPS) is 26.4. The van der Waals surface area contributed by atoms with Gasteiger partial charge in [0.25, 0.3) is 0 Å². The molecule has 1 spiro atoms. The van der Waals surface area contributed by atoms with E-state index in [0.29, 0.717) is 5.41 Å². The van der Waals surface area contributed by atoms with Crippen molar-refractivity contribution < 1.29 is 14.3 Å². The Morgan fingerprint density at radius 2 is 1.90 bits per heavy atom. The minimum atomic E-state index is -0.432. The third kappa shape index (κ3) is 6.22. The molecule has 8 heteroatoms. The van der Waals surface area contributed by atoms with Crippen LogP contribution in [0.5, 0.6) is 0 Å². The number of nitrogens with zero attached hydrogens (tertiary/aromatic N) is 4. The summed E-state index contributed by atoms with van der Waals surface area (Å²) in [5.41, 5.74) is -0.0797. The number of hydrogen-bond acceptors (Lipinski definition) is 5. The Hall–Kier alpha value is -1.54. The maximum Gasteiger partial charge on any atom is 0.410 e. The van der Waals surface area contributed by atoms with E-state index in [9.17, 15) is 4.79 Å². The number of nitrogens with one attached hydrogen (secondary N) is 1. The third-order valence-corrected chi connectivity index (χ3v) is 6.09. The van der Waals surface area contributed by atoms with Crippen molar-refractivity contribution in [2.45, 2.75) is 45.6 Å². The monoisotopic (exact) mass is 409 g/mol. The summed E-state index contributed by atoms with van der Waals surface area (Å²) in [5.74, 6) is 1.02. The van der Waals surface area contributed by atoms with Crippen LogP contribution in [0.25, 0.3) is 0 Å². The van der Waals surface area contributed by atoms with E-state index < -0.39 is 5.60 Å². The third-order valence-electron chi connectivity index (χ3n) is 6.09. The highest BCUT2D eigenvalue weighted by Gasteiger charge is 2.42. The van der Waals surface area contributed by atoms with Crippen LogP contribution in [0.2, 0.25) is 0 Å². The van der Waals surface area contributed by atoms with Crippen molar-refractivity contribution in [1.29, 1.82) is 0 Å². The Kier molecular flexibility index (Phi) is 7.27. The lowest BCUT2D eigenvalue weighted by Gasteiger charge is -2.35. The van der Waals surface area contributed by atoms with E-state index in [0.717, 1.165) is 78.0 Å². The molecule has 29 heavy (non-hydrogen) atoms. The number of likely N-dealkylation sites (tertiary alicyclic amines) is 1. The van der Waals surface area contributed by atoms with Gasteiger partial charge in [-0.1, -0.05) is 0 Å². The Morgan fingerprint density at radius 3 is 2.52 bits per heavy atom. The number of amides is 1. The van der Waals surface area contributed by atoms with E-state index in [-0.39, 0.29) is 6.09 Å². The van der Waals surface area contributed by atoms with E-state index in [4.69, 9.17) is 9.47 Å². The SMILES string of the molecule is CN=C(NCCCN1CCN(C(=O)OC(C)(C)C)CC1)N1CCC2(CCOC2)C1. The van der Waals surface area contributed by atoms with E-state index in [1.165, 1.54) is 12.8 Å². The summed E-state index contributed by atoms with van der Waals surface area (Å²) in [6.45, 7) is 14.9. The molecule has 0 radical (unpaired) electrons. The summed E-state index contributed by atoms with van der Waals surface area (Å²) in [4.78, 5) is 23.3. The van der Waals surface area contributed by atoms with Crippen molar-refractivity contribution in [1.82, 2.24) is 20.0 Å². The number of hydrogen-bond donors (Lipinski definition) is 1. The first-order valence-electron chi connectivity index (χ1n) is 11.0. The Morgan fingerprint density at radius 1 is 1.14 bits per heavy atom. The van der Waals surface area contributed by atoms with Crippen LogP contribution in [0.3, 0.4) is 0 Å². The molecule has 3 heterocycles. The molecule has 0 aromatic heterocycles. The molecule has 166 valence electrons. The predicted octanol–water partition coefficient (Wildman–Crippen LogP) is 1.62. The van der Waals surface area contributed by atoms with E-state index in [2.05, 4.69) is 20.1 Å². The van der Waals surface area contributed by atoms with Gasteiger partial charge in [-0.05, 0) is 46.6 Å². The molecule has 1 amide bonds. The molecule has 1 unspecified atom stereocenters. The van der Waals surface area contributed by atoms with Crippen molar-refractivity contribution in [3.05, 3.63) is 0 Å². The molecule has 3 saturated heterocycles. The average Bonchev–Trinajstić information content (AvgIpc) is 3.31. The van der Waals surface area contributed by atoms with Crippen LogP contribution < -0.4 is 5.32 Å². The molecule has 0 aromatic carbocycles. The zero-order valence-corrected chi connectivity index (χ0v) is 18.7. The summed E-state index contributed by atoms with van der Waals surface area (Å²) >= 11 is 0. The molecule has 1 N–H and O–H groups in total. The largest absolute Gasteiger partial charge is 0.444 e. The highest BCUT2D eigenvalue weighted by molar-refractivity contribution is 5.80. The van der Waals surface area contributed by atoms with Crippen molar-refractivity contribution in [3.63, 3.8) is 0 Å². The Bertz CT molecular complexity index is 575. The second kappa shape index (κ2) is 9.51. The Balaban J connectivity index is 1.31. The van der Waals surface area contributed by atoms with E-state index in [1.54, 1.807) is 0 Å². The van der Waals surface area contributed by atoms with Crippen LogP contribution in [0, 0.1) is 5.41 Å².